The van der Waals surface area contributed by atoms with Gasteiger partial charge >= 0.3 is 0 Å². The van der Waals surface area contributed by atoms with Crippen molar-refractivity contribution in [3.63, 3.8) is 0 Å². The normalized spacial score (nSPS) is 20.6. The highest BCUT2D eigenvalue weighted by molar-refractivity contribution is 8.01. The van der Waals surface area contributed by atoms with E-state index in [9.17, 15) is 9.18 Å². The van der Waals surface area contributed by atoms with Crippen LogP contribution in [0.15, 0.2) is 48.5 Å². The van der Waals surface area contributed by atoms with Gasteiger partial charge in [-0.3, -0.25) is 4.79 Å². The Balaban J connectivity index is 1.76. The molecule has 3 nitrogen and oxygen atoms in total. The molecule has 150 valence electrons. The number of carbonyl (C=O) groups is 1. The van der Waals surface area contributed by atoms with Crippen molar-refractivity contribution in [1.29, 1.82) is 0 Å². The van der Waals surface area contributed by atoms with Crippen LogP contribution in [0.2, 0.25) is 0 Å². The minimum Gasteiger partial charge on any atom is -0.354 e. The van der Waals surface area contributed by atoms with Gasteiger partial charge in [0.2, 0.25) is 5.91 Å². The van der Waals surface area contributed by atoms with E-state index in [4.69, 9.17) is 0 Å². The Morgan fingerprint density at radius 3 is 2.36 bits per heavy atom. The molecule has 2 N–H and O–H groups in total. The summed E-state index contributed by atoms with van der Waals surface area (Å²) in [7, 11) is 0. The molecule has 0 aromatic heterocycles. The fourth-order valence-corrected chi connectivity index (χ4v) is 5.19. The number of thioether (sulfide) groups is 1. The van der Waals surface area contributed by atoms with Gasteiger partial charge in [0.25, 0.3) is 0 Å². The van der Waals surface area contributed by atoms with Crippen LogP contribution in [-0.4, -0.2) is 29.5 Å². The summed E-state index contributed by atoms with van der Waals surface area (Å²) in [5.41, 5.74) is 3.37. The number of aryl methyl sites for hydroxylation is 1. The maximum absolute atomic E-state index is 13.4. The summed E-state index contributed by atoms with van der Waals surface area (Å²) in [6, 6.07) is 15.0. The average molecular weight is 401 g/mol. The molecule has 1 aliphatic rings. The van der Waals surface area contributed by atoms with Gasteiger partial charge in [0.1, 0.15) is 5.82 Å². The van der Waals surface area contributed by atoms with Crippen LogP contribution < -0.4 is 10.6 Å². The number of carbonyl (C=O) groups excluding carboxylic acids is 1. The molecule has 5 heteroatoms. The number of hydrogen-bond acceptors (Lipinski definition) is 3. The van der Waals surface area contributed by atoms with Crippen LogP contribution in [0.1, 0.15) is 48.9 Å². The zero-order valence-corrected chi connectivity index (χ0v) is 17.4. The van der Waals surface area contributed by atoms with E-state index in [-0.39, 0.29) is 22.5 Å². The molecule has 0 spiro atoms. The first kappa shape index (κ1) is 20.9. The molecule has 2 aromatic carbocycles. The average Bonchev–Trinajstić information content (AvgIpc) is 2.70. The van der Waals surface area contributed by atoms with Crippen molar-refractivity contribution in [3.8, 4) is 0 Å². The van der Waals surface area contributed by atoms with Gasteiger partial charge < -0.3 is 10.6 Å². The maximum atomic E-state index is 13.4. The molecule has 1 fully saturated rings. The minimum absolute atomic E-state index is 0.0310. The largest absolute Gasteiger partial charge is 0.354 e. The number of hydrogen-bond donors (Lipinski definition) is 2. The molecule has 2 atom stereocenters. The topological polar surface area (TPSA) is 41.1 Å². The first-order chi connectivity index (χ1) is 13.5. The van der Waals surface area contributed by atoms with Crippen LogP contribution in [0.5, 0.6) is 0 Å². The molecule has 0 aliphatic carbocycles. The summed E-state index contributed by atoms with van der Waals surface area (Å²) in [5, 5.41) is 6.67. The Labute approximate surface area is 171 Å². The first-order valence-electron chi connectivity index (χ1n) is 10.0. The van der Waals surface area contributed by atoms with E-state index in [1.54, 1.807) is 11.8 Å². The van der Waals surface area contributed by atoms with Crippen molar-refractivity contribution >= 4 is 17.7 Å². The molecular weight excluding hydrogens is 371 g/mol. The quantitative estimate of drug-likeness (QED) is 0.680. The Morgan fingerprint density at radius 1 is 1.11 bits per heavy atom. The van der Waals surface area contributed by atoms with E-state index in [1.807, 2.05) is 12.1 Å². The number of benzene rings is 2. The highest BCUT2D eigenvalue weighted by atomic mass is 32.2. The number of amides is 1. The molecule has 0 radical (unpaired) electrons. The summed E-state index contributed by atoms with van der Waals surface area (Å²) >= 11 is 1.79. The van der Waals surface area contributed by atoms with Gasteiger partial charge in [-0.2, -0.15) is 0 Å². The van der Waals surface area contributed by atoms with E-state index < -0.39 is 0 Å². The van der Waals surface area contributed by atoms with Gasteiger partial charge in [-0.25, -0.2) is 4.39 Å². The standard InChI is InChI=1S/C23H29FN2OS/c1-3-12-23(22(27)26-15-16-28-23)13-14-25-21(18-6-4-17(2)5-7-18)19-8-10-20(24)11-9-19/h4-11,21,25H,3,12-16H2,1-2H3,(H,26,27). The second-order valence-electron chi connectivity index (χ2n) is 7.45. The molecule has 3 rings (SSSR count). The summed E-state index contributed by atoms with van der Waals surface area (Å²) in [6.45, 7) is 5.67. The van der Waals surface area contributed by atoms with Gasteiger partial charge in [-0.1, -0.05) is 55.3 Å². The van der Waals surface area contributed by atoms with E-state index in [0.717, 1.165) is 49.2 Å². The second-order valence-corrected chi connectivity index (χ2v) is 8.93. The molecule has 2 aromatic rings. The molecule has 28 heavy (non-hydrogen) atoms. The molecule has 1 amide bonds. The lowest BCUT2D eigenvalue weighted by Gasteiger charge is -2.36. The minimum atomic E-state index is -0.347. The van der Waals surface area contributed by atoms with E-state index in [1.165, 1.54) is 17.7 Å². The van der Waals surface area contributed by atoms with Crippen molar-refractivity contribution < 1.29 is 9.18 Å². The van der Waals surface area contributed by atoms with Gasteiger partial charge in [0, 0.05) is 12.3 Å². The van der Waals surface area contributed by atoms with Crippen LogP contribution in [-0.2, 0) is 4.79 Å². The summed E-state index contributed by atoms with van der Waals surface area (Å²) in [4.78, 5) is 12.6. The molecular formula is C23H29FN2OS. The fraction of sp³-hybridized carbons (Fsp3) is 0.435. The van der Waals surface area contributed by atoms with Crippen LogP contribution in [0.3, 0.4) is 0 Å². The third-order valence-electron chi connectivity index (χ3n) is 5.32. The van der Waals surface area contributed by atoms with Crippen molar-refractivity contribution in [2.75, 3.05) is 18.8 Å². The third-order valence-corrected chi connectivity index (χ3v) is 6.88. The van der Waals surface area contributed by atoms with Gasteiger partial charge in [0.15, 0.2) is 0 Å². The number of halogens is 1. The van der Waals surface area contributed by atoms with Crippen molar-refractivity contribution in [3.05, 3.63) is 71.0 Å². The third kappa shape index (κ3) is 4.95. The van der Waals surface area contributed by atoms with E-state index >= 15 is 0 Å². The number of nitrogens with one attached hydrogen (secondary N) is 2. The molecule has 0 saturated carbocycles. The van der Waals surface area contributed by atoms with Crippen LogP contribution in [0.4, 0.5) is 4.39 Å². The van der Waals surface area contributed by atoms with E-state index in [2.05, 4.69) is 48.7 Å². The predicted octanol–water partition coefficient (Wildman–Crippen LogP) is 4.61. The highest BCUT2D eigenvalue weighted by Gasteiger charge is 2.39. The molecule has 1 heterocycles. The van der Waals surface area contributed by atoms with Crippen LogP contribution in [0.25, 0.3) is 0 Å². The van der Waals surface area contributed by atoms with Gasteiger partial charge in [-0.15, -0.1) is 11.8 Å². The zero-order valence-electron chi connectivity index (χ0n) is 16.6. The summed E-state index contributed by atoms with van der Waals surface area (Å²) in [6.07, 6.45) is 2.65. The van der Waals surface area contributed by atoms with Crippen molar-refractivity contribution in [1.82, 2.24) is 10.6 Å². The first-order valence-corrected chi connectivity index (χ1v) is 11.0. The predicted molar refractivity (Wildman–Crippen MR) is 115 cm³/mol. The molecule has 1 aliphatic heterocycles. The monoisotopic (exact) mass is 400 g/mol. The smallest absolute Gasteiger partial charge is 0.236 e. The maximum Gasteiger partial charge on any atom is 0.236 e. The van der Waals surface area contributed by atoms with Crippen molar-refractivity contribution in [2.24, 2.45) is 0 Å². The Kier molecular flexibility index (Phi) is 7.13. The SMILES string of the molecule is CCCC1(CCNC(c2ccc(C)cc2)c2ccc(F)cc2)SCCNC1=O. The summed E-state index contributed by atoms with van der Waals surface area (Å²) < 4.78 is 13.1. The Morgan fingerprint density at radius 2 is 1.75 bits per heavy atom. The Hall–Kier alpha value is -1.85. The van der Waals surface area contributed by atoms with Crippen LogP contribution in [0, 0.1) is 12.7 Å². The molecule has 2 unspecified atom stereocenters. The van der Waals surface area contributed by atoms with Crippen LogP contribution >= 0.6 is 11.8 Å². The zero-order chi connectivity index (χ0) is 20.0. The van der Waals surface area contributed by atoms with Gasteiger partial charge in [0.05, 0.1) is 10.8 Å². The fourth-order valence-electron chi connectivity index (χ4n) is 3.80. The lowest BCUT2D eigenvalue weighted by Crippen LogP contribution is -2.50. The number of rotatable bonds is 8. The van der Waals surface area contributed by atoms with Gasteiger partial charge in [-0.05, 0) is 49.6 Å². The summed E-state index contributed by atoms with van der Waals surface area (Å²) in [5.74, 6) is 0.898. The lowest BCUT2D eigenvalue weighted by molar-refractivity contribution is -0.124. The lowest BCUT2D eigenvalue weighted by atomic mass is 9.95. The second kappa shape index (κ2) is 9.57. The highest BCUT2D eigenvalue weighted by Crippen LogP contribution is 2.36. The Bertz CT molecular complexity index is 729. The van der Waals surface area contributed by atoms with E-state index in [0.29, 0.717) is 0 Å². The molecule has 1 saturated heterocycles. The molecule has 0 bridgehead atoms. The van der Waals surface area contributed by atoms with Crippen molar-refractivity contribution in [2.45, 2.75) is 43.9 Å².